The molecule has 0 amide bonds. The maximum atomic E-state index is 4.34. The zero-order valence-corrected chi connectivity index (χ0v) is 12.9. The SMILES string of the molecule is CC1CCCCC1Cn1cncc1CNC(C)(C)C. The van der Waals surface area contributed by atoms with Gasteiger partial charge in [0.2, 0.25) is 0 Å². The number of rotatable bonds is 4. The van der Waals surface area contributed by atoms with Crippen LogP contribution in [0.15, 0.2) is 12.5 Å². The molecule has 0 aromatic carbocycles. The summed E-state index contributed by atoms with van der Waals surface area (Å²) in [6, 6.07) is 0. The van der Waals surface area contributed by atoms with Crippen LogP contribution in [0.4, 0.5) is 0 Å². The zero-order valence-electron chi connectivity index (χ0n) is 12.9. The maximum Gasteiger partial charge on any atom is 0.0948 e. The smallest absolute Gasteiger partial charge is 0.0948 e. The predicted octanol–water partition coefficient (Wildman–Crippen LogP) is 3.60. The van der Waals surface area contributed by atoms with Crippen LogP contribution < -0.4 is 5.32 Å². The monoisotopic (exact) mass is 263 g/mol. The quantitative estimate of drug-likeness (QED) is 0.899. The normalized spacial score (nSPS) is 24.6. The van der Waals surface area contributed by atoms with E-state index in [4.69, 9.17) is 0 Å². The molecular formula is C16H29N3. The second-order valence-electron chi connectivity index (χ2n) is 7.16. The molecule has 1 fully saturated rings. The summed E-state index contributed by atoms with van der Waals surface area (Å²) in [5.41, 5.74) is 1.47. The van der Waals surface area contributed by atoms with E-state index in [-0.39, 0.29) is 5.54 Å². The Hall–Kier alpha value is -0.830. The topological polar surface area (TPSA) is 29.9 Å². The Morgan fingerprint density at radius 1 is 1.32 bits per heavy atom. The Morgan fingerprint density at radius 3 is 2.74 bits per heavy atom. The fourth-order valence-corrected chi connectivity index (χ4v) is 2.93. The minimum atomic E-state index is 0.160. The van der Waals surface area contributed by atoms with Crippen molar-refractivity contribution in [2.24, 2.45) is 11.8 Å². The minimum absolute atomic E-state index is 0.160. The number of hydrogen-bond acceptors (Lipinski definition) is 2. The fraction of sp³-hybridized carbons (Fsp3) is 0.812. The van der Waals surface area contributed by atoms with E-state index < -0.39 is 0 Å². The average molecular weight is 263 g/mol. The first-order chi connectivity index (χ1) is 8.96. The van der Waals surface area contributed by atoms with Crippen molar-refractivity contribution in [1.29, 1.82) is 0 Å². The van der Waals surface area contributed by atoms with Gasteiger partial charge in [-0.25, -0.2) is 4.98 Å². The molecule has 2 atom stereocenters. The van der Waals surface area contributed by atoms with Crippen molar-refractivity contribution in [1.82, 2.24) is 14.9 Å². The lowest BCUT2D eigenvalue weighted by atomic mass is 9.80. The Labute approximate surface area is 117 Å². The Balaban J connectivity index is 1.95. The first-order valence-electron chi connectivity index (χ1n) is 7.70. The van der Waals surface area contributed by atoms with Crippen LogP contribution in [0.3, 0.4) is 0 Å². The minimum Gasteiger partial charge on any atom is -0.333 e. The molecule has 19 heavy (non-hydrogen) atoms. The van der Waals surface area contributed by atoms with E-state index >= 15 is 0 Å². The van der Waals surface area contributed by atoms with Crippen molar-refractivity contribution in [3.63, 3.8) is 0 Å². The largest absolute Gasteiger partial charge is 0.333 e. The summed E-state index contributed by atoms with van der Waals surface area (Å²) in [4.78, 5) is 4.34. The van der Waals surface area contributed by atoms with Crippen molar-refractivity contribution in [2.75, 3.05) is 0 Å². The van der Waals surface area contributed by atoms with Gasteiger partial charge in [0.1, 0.15) is 0 Å². The molecule has 0 bridgehead atoms. The summed E-state index contributed by atoms with van der Waals surface area (Å²) in [6.07, 6.45) is 9.60. The van der Waals surface area contributed by atoms with Gasteiger partial charge in [0.05, 0.1) is 12.0 Å². The molecule has 0 aliphatic heterocycles. The van der Waals surface area contributed by atoms with Crippen LogP contribution in [-0.4, -0.2) is 15.1 Å². The number of aromatic nitrogens is 2. The Morgan fingerprint density at radius 2 is 2.05 bits per heavy atom. The summed E-state index contributed by atoms with van der Waals surface area (Å²) in [7, 11) is 0. The van der Waals surface area contributed by atoms with Crippen molar-refractivity contribution in [2.45, 2.75) is 72.0 Å². The lowest BCUT2D eigenvalue weighted by Gasteiger charge is -2.29. The molecule has 1 aromatic rings. The number of nitrogens with one attached hydrogen (secondary N) is 1. The van der Waals surface area contributed by atoms with E-state index in [0.29, 0.717) is 0 Å². The molecule has 0 saturated heterocycles. The highest BCUT2D eigenvalue weighted by molar-refractivity contribution is 4.99. The highest BCUT2D eigenvalue weighted by Gasteiger charge is 2.22. The van der Waals surface area contributed by atoms with Crippen molar-refractivity contribution in [3.05, 3.63) is 18.2 Å². The molecule has 1 N–H and O–H groups in total. The van der Waals surface area contributed by atoms with Crippen LogP contribution in [0, 0.1) is 11.8 Å². The van der Waals surface area contributed by atoms with E-state index in [1.807, 2.05) is 12.5 Å². The van der Waals surface area contributed by atoms with Gasteiger partial charge in [-0.3, -0.25) is 0 Å². The van der Waals surface area contributed by atoms with Crippen LogP contribution in [0.5, 0.6) is 0 Å². The van der Waals surface area contributed by atoms with E-state index in [0.717, 1.165) is 24.9 Å². The van der Waals surface area contributed by atoms with Gasteiger partial charge in [0.25, 0.3) is 0 Å². The molecule has 108 valence electrons. The third kappa shape index (κ3) is 4.34. The van der Waals surface area contributed by atoms with Gasteiger partial charge in [-0.2, -0.15) is 0 Å². The van der Waals surface area contributed by atoms with Gasteiger partial charge >= 0.3 is 0 Å². The second-order valence-corrected chi connectivity index (χ2v) is 7.16. The lowest BCUT2D eigenvalue weighted by Crippen LogP contribution is -2.36. The molecule has 1 aromatic heterocycles. The third-order valence-electron chi connectivity index (χ3n) is 4.32. The molecule has 0 spiro atoms. The first-order valence-corrected chi connectivity index (χ1v) is 7.70. The highest BCUT2D eigenvalue weighted by Crippen LogP contribution is 2.30. The standard InChI is InChI=1S/C16H29N3/c1-13-7-5-6-8-14(13)11-19-12-17-9-15(19)10-18-16(2,3)4/h9,12-14,18H,5-8,10-11H2,1-4H3. The van der Waals surface area contributed by atoms with Crippen molar-refractivity contribution in [3.8, 4) is 0 Å². The molecular weight excluding hydrogens is 234 g/mol. The van der Waals surface area contributed by atoms with E-state index in [1.54, 1.807) is 0 Å². The first kappa shape index (κ1) is 14.6. The Kier molecular flexibility index (Phi) is 4.67. The number of hydrogen-bond donors (Lipinski definition) is 1. The molecule has 1 aliphatic carbocycles. The summed E-state index contributed by atoms with van der Waals surface area (Å²) < 4.78 is 2.35. The second kappa shape index (κ2) is 6.08. The van der Waals surface area contributed by atoms with E-state index in [9.17, 15) is 0 Å². The van der Waals surface area contributed by atoms with Crippen LogP contribution in [-0.2, 0) is 13.1 Å². The Bertz CT molecular complexity index is 389. The fourth-order valence-electron chi connectivity index (χ4n) is 2.93. The molecule has 1 heterocycles. The summed E-state index contributed by atoms with van der Waals surface area (Å²) in [5.74, 6) is 1.69. The molecule has 3 heteroatoms. The maximum absolute atomic E-state index is 4.34. The summed E-state index contributed by atoms with van der Waals surface area (Å²) in [6.45, 7) is 11.1. The van der Waals surface area contributed by atoms with Crippen LogP contribution >= 0.6 is 0 Å². The zero-order chi connectivity index (χ0) is 13.9. The van der Waals surface area contributed by atoms with Crippen molar-refractivity contribution < 1.29 is 0 Å². The van der Waals surface area contributed by atoms with Crippen molar-refractivity contribution >= 4 is 0 Å². The van der Waals surface area contributed by atoms with Crippen LogP contribution in [0.2, 0.25) is 0 Å². The number of nitrogens with zero attached hydrogens (tertiary/aromatic N) is 2. The van der Waals surface area contributed by atoms with Gasteiger partial charge in [-0.15, -0.1) is 0 Å². The summed E-state index contributed by atoms with van der Waals surface area (Å²) in [5, 5.41) is 3.55. The van der Waals surface area contributed by atoms with Gasteiger partial charge in [0, 0.05) is 24.8 Å². The molecule has 1 saturated carbocycles. The predicted molar refractivity (Wildman–Crippen MR) is 79.9 cm³/mol. The molecule has 3 nitrogen and oxygen atoms in total. The third-order valence-corrected chi connectivity index (χ3v) is 4.32. The number of imidazole rings is 1. The molecule has 1 aliphatic rings. The highest BCUT2D eigenvalue weighted by atomic mass is 15.1. The van der Waals surface area contributed by atoms with Gasteiger partial charge < -0.3 is 9.88 Å². The average Bonchev–Trinajstić information content (AvgIpc) is 2.76. The van der Waals surface area contributed by atoms with E-state index in [1.165, 1.54) is 31.4 Å². The molecule has 0 radical (unpaired) electrons. The van der Waals surface area contributed by atoms with E-state index in [2.05, 4.69) is 42.6 Å². The van der Waals surface area contributed by atoms with Gasteiger partial charge in [0.15, 0.2) is 0 Å². The van der Waals surface area contributed by atoms with Crippen LogP contribution in [0.25, 0.3) is 0 Å². The van der Waals surface area contributed by atoms with Gasteiger partial charge in [-0.1, -0.05) is 26.2 Å². The summed E-state index contributed by atoms with van der Waals surface area (Å²) >= 11 is 0. The molecule has 2 rings (SSSR count). The van der Waals surface area contributed by atoms with Gasteiger partial charge in [-0.05, 0) is 39.0 Å². The van der Waals surface area contributed by atoms with Crippen LogP contribution in [0.1, 0.15) is 59.1 Å². The molecule has 2 unspecified atom stereocenters. The lowest BCUT2D eigenvalue weighted by molar-refractivity contribution is 0.226.